The zero-order valence-corrected chi connectivity index (χ0v) is 14.2. The van der Waals surface area contributed by atoms with Gasteiger partial charge in [0.2, 0.25) is 0 Å². The quantitative estimate of drug-likeness (QED) is 0.842. The summed E-state index contributed by atoms with van der Waals surface area (Å²) in [5.74, 6) is 6.14. The third-order valence-electron chi connectivity index (χ3n) is 3.77. The van der Waals surface area contributed by atoms with Gasteiger partial charge in [0.15, 0.2) is 10.4 Å². The Kier molecular flexibility index (Phi) is 5.16. The van der Waals surface area contributed by atoms with Gasteiger partial charge in [-0.1, -0.05) is 36.1 Å². The maximum Gasteiger partial charge on any atom is 0.287 e. The lowest BCUT2D eigenvalue weighted by molar-refractivity contribution is 0.0930. The van der Waals surface area contributed by atoms with Gasteiger partial charge in [-0.2, -0.15) is 0 Å². The van der Waals surface area contributed by atoms with Crippen LogP contribution in [0, 0.1) is 11.8 Å². The Hall–Kier alpha value is -2.03. The number of furan rings is 1. The first-order valence-electron chi connectivity index (χ1n) is 7.51. The molecule has 4 nitrogen and oxygen atoms in total. The molecule has 2 heterocycles. The van der Waals surface area contributed by atoms with E-state index in [2.05, 4.69) is 62.3 Å². The molecule has 0 atom stereocenters. The largest absolute Gasteiger partial charge is 0.444 e. The number of carbonyl (C=O) groups is 1. The van der Waals surface area contributed by atoms with E-state index in [1.807, 2.05) is 0 Å². The molecule has 118 valence electrons. The number of amides is 1. The second-order valence-electron chi connectivity index (χ2n) is 5.37. The molecule has 2 aromatic rings. The van der Waals surface area contributed by atoms with Crippen molar-refractivity contribution in [2.45, 2.75) is 13.0 Å². The first-order chi connectivity index (χ1) is 11.2. The van der Waals surface area contributed by atoms with Crippen LogP contribution in [0.2, 0.25) is 0 Å². The molecule has 0 unspecified atom stereocenters. The van der Waals surface area contributed by atoms with Crippen LogP contribution in [0.3, 0.4) is 0 Å². The average Bonchev–Trinajstić information content (AvgIpc) is 3.01. The van der Waals surface area contributed by atoms with Gasteiger partial charge < -0.3 is 9.73 Å². The van der Waals surface area contributed by atoms with Crippen molar-refractivity contribution in [2.75, 3.05) is 19.6 Å². The fourth-order valence-electron chi connectivity index (χ4n) is 2.57. The van der Waals surface area contributed by atoms with E-state index >= 15 is 0 Å². The molecule has 3 rings (SSSR count). The minimum absolute atomic E-state index is 0.253. The zero-order chi connectivity index (χ0) is 16.1. The average molecular weight is 373 g/mol. The Morgan fingerprint density at radius 1 is 1.22 bits per heavy atom. The Balaban J connectivity index is 1.43. The van der Waals surface area contributed by atoms with Crippen molar-refractivity contribution in [1.29, 1.82) is 0 Å². The van der Waals surface area contributed by atoms with Crippen molar-refractivity contribution < 1.29 is 9.21 Å². The van der Waals surface area contributed by atoms with Crippen molar-refractivity contribution in [3.63, 3.8) is 0 Å². The summed E-state index contributed by atoms with van der Waals surface area (Å²) >= 11 is 3.17. The third-order valence-corrected chi connectivity index (χ3v) is 4.20. The maximum atomic E-state index is 11.8. The van der Waals surface area contributed by atoms with Crippen LogP contribution >= 0.6 is 15.9 Å². The molecule has 0 saturated heterocycles. The van der Waals surface area contributed by atoms with Crippen molar-refractivity contribution in [2.24, 2.45) is 0 Å². The lowest BCUT2D eigenvalue weighted by atomic mass is 10.0. The Morgan fingerprint density at radius 3 is 2.83 bits per heavy atom. The molecule has 1 amide bonds. The van der Waals surface area contributed by atoms with E-state index in [0.29, 0.717) is 11.2 Å². The van der Waals surface area contributed by atoms with Crippen LogP contribution in [0.1, 0.15) is 21.7 Å². The van der Waals surface area contributed by atoms with E-state index in [0.717, 1.165) is 26.1 Å². The number of halogens is 1. The fraction of sp³-hybridized carbons (Fsp3) is 0.278. The smallest absolute Gasteiger partial charge is 0.287 e. The fourth-order valence-corrected chi connectivity index (χ4v) is 2.87. The van der Waals surface area contributed by atoms with Gasteiger partial charge in [0.1, 0.15) is 0 Å². The number of benzene rings is 1. The molecule has 0 saturated carbocycles. The highest BCUT2D eigenvalue weighted by atomic mass is 79.9. The predicted octanol–water partition coefficient (Wildman–Crippen LogP) is 2.83. The van der Waals surface area contributed by atoms with Crippen LogP contribution in [0.25, 0.3) is 0 Å². The van der Waals surface area contributed by atoms with Gasteiger partial charge in [-0.15, -0.1) is 0 Å². The Bertz CT molecular complexity index is 758. The first-order valence-corrected chi connectivity index (χ1v) is 8.30. The number of fused-ring (bicyclic) bond motifs is 1. The van der Waals surface area contributed by atoms with Crippen molar-refractivity contribution in [3.8, 4) is 11.8 Å². The highest BCUT2D eigenvalue weighted by Crippen LogP contribution is 2.17. The Labute approximate surface area is 144 Å². The summed E-state index contributed by atoms with van der Waals surface area (Å²) in [6.07, 6.45) is 1.07. The lowest BCUT2D eigenvalue weighted by Crippen LogP contribution is -2.30. The summed E-state index contributed by atoms with van der Waals surface area (Å²) in [7, 11) is 0. The minimum Gasteiger partial charge on any atom is -0.444 e. The molecule has 0 spiro atoms. The molecule has 1 aliphatic rings. The van der Waals surface area contributed by atoms with Crippen LogP contribution < -0.4 is 5.32 Å². The zero-order valence-electron chi connectivity index (χ0n) is 12.6. The van der Waals surface area contributed by atoms with Crippen LogP contribution in [0.4, 0.5) is 0 Å². The molecule has 1 aromatic carbocycles. The summed E-state index contributed by atoms with van der Waals surface area (Å²) in [6, 6.07) is 11.9. The highest BCUT2D eigenvalue weighted by molar-refractivity contribution is 9.10. The van der Waals surface area contributed by atoms with Crippen molar-refractivity contribution >= 4 is 21.8 Å². The van der Waals surface area contributed by atoms with E-state index in [9.17, 15) is 4.79 Å². The van der Waals surface area contributed by atoms with E-state index in [1.54, 1.807) is 12.1 Å². The van der Waals surface area contributed by atoms with Gasteiger partial charge >= 0.3 is 0 Å². The predicted molar refractivity (Wildman–Crippen MR) is 91.9 cm³/mol. The minimum atomic E-state index is -0.253. The standard InChI is InChI=1S/C18H17BrN2O2/c19-17-8-7-16(23-17)18(22)20-10-3-4-11-21-12-9-14-5-1-2-6-15(14)13-21/h1-2,5-8H,9-13H2,(H,20,22). The molecule has 0 fully saturated rings. The monoisotopic (exact) mass is 372 g/mol. The normalized spacial score (nSPS) is 13.8. The topological polar surface area (TPSA) is 45.5 Å². The van der Waals surface area contributed by atoms with Gasteiger partial charge in [0.05, 0.1) is 13.1 Å². The number of rotatable bonds is 3. The lowest BCUT2D eigenvalue weighted by Gasteiger charge is -2.26. The Morgan fingerprint density at radius 2 is 2.04 bits per heavy atom. The number of hydrogen-bond acceptors (Lipinski definition) is 3. The van der Waals surface area contributed by atoms with Gasteiger partial charge in [0, 0.05) is 13.1 Å². The van der Waals surface area contributed by atoms with Crippen molar-refractivity contribution in [1.82, 2.24) is 10.2 Å². The van der Waals surface area contributed by atoms with E-state index in [4.69, 9.17) is 4.42 Å². The first kappa shape index (κ1) is 15.9. The molecule has 1 aromatic heterocycles. The van der Waals surface area contributed by atoms with E-state index in [-0.39, 0.29) is 11.7 Å². The van der Waals surface area contributed by atoms with Crippen LogP contribution in [0.5, 0.6) is 0 Å². The molecule has 1 aliphatic heterocycles. The molecular formula is C18H17BrN2O2. The molecule has 0 bridgehead atoms. The second kappa shape index (κ2) is 7.49. The summed E-state index contributed by atoms with van der Waals surface area (Å²) in [4.78, 5) is 14.1. The molecule has 23 heavy (non-hydrogen) atoms. The molecular weight excluding hydrogens is 356 g/mol. The van der Waals surface area contributed by atoms with Crippen LogP contribution in [-0.4, -0.2) is 30.4 Å². The van der Waals surface area contributed by atoms with Gasteiger partial charge in [-0.25, -0.2) is 0 Å². The second-order valence-corrected chi connectivity index (χ2v) is 6.15. The van der Waals surface area contributed by atoms with Crippen LogP contribution in [-0.2, 0) is 13.0 Å². The molecule has 5 heteroatoms. The SMILES string of the molecule is O=C(NCC#CCN1CCc2ccccc2C1)c1ccc(Br)o1. The number of nitrogens with one attached hydrogen (secondary N) is 1. The molecule has 0 radical (unpaired) electrons. The van der Waals surface area contributed by atoms with E-state index < -0.39 is 0 Å². The van der Waals surface area contributed by atoms with Crippen LogP contribution in [0.15, 0.2) is 45.5 Å². The number of carbonyl (C=O) groups excluding carboxylic acids is 1. The van der Waals surface area contributed by atoms with Crippen molar-refractivity contribution in [3.05, 3.63) is 58.0 Å². The molecule has 0 aliphatic carbocycles. The summed E-state index contributed by atoms with van der Waals surface area (Å²) in [5, 5.41) is 2.72. The number of hydrogen-bond donors (Lipinski definition) is 1. The summed E-state index contributed by atoms with van der Waals surface area (Å²) < 4.78 is 5.72. The summed E-state index contributed by atoms with van der Waals surface area (Å²) in [5.41, 5.74) is 2.82. The van der Waals surface area contributed by atoms with Gasteiger partial charge in [-0.3, -0.25) is 9.69 Å². The van der Waals surface area contributed by atoms with Gasteiger partial charge in [0.25, 0.3) is 5.91 Å². The molecule has 1 N–H and O–H groups in total. The number of nitrogens with zero attached hydrogens (tertiary/aromatic N) is 1. The van der Waals surface area contributed by atoms with Gasteiger partial charge in [-0.05, 0) is 45.6 Å². The highest BCUT2D eigenvalue weighted by Gasteiger charge is 2.14. The summed E-state index contributed by atoms with van der Waals surface area (Å²) in [6.45, 7) is 3.01. The van der Waals surface area contributed by atoms with E-state index in [1.165, 1.54) is 11.1 Å². The third kappa shape index (κ3) is 4.25. The maximum absolute atomic E-state index is 11.8.